The maximum atomic E-state index is 14.1. The Balaban J connectivity index is 1.64. The van der Waals surface area contributed by atoms with Crippen LogP contribution in [-0.2, 0) is 11.2 Å². The van der Waals surface area contributed by atoms with E-state index in [1.807, 2.05) is 38.4 Å². The van der Waals surface area contributed by atoms with Crippen LogP contribution >= 0.6 is 0 Å². The largest absolute Gasteiger partial charge is 0.508 e. The number of aromatic nitrogens is 4. The average molecular weight is 474 g/mol. The molecule has 0 radical (unpaired) electrons. The van der Waals surface area contributed by atoms with E-state index < -0.39 is 5.82 Å². The van der Waals surface area contributed by atoms with Gasteiger partial charge in [0.1, 0.15) is 29.4 Å². The summed E-state index contributed by atoms with van der Waals surface area (Å²) in [5, 5.41) is 15.2. The van der Waals surface area contributed by atoms with Crippen molar-refractivity contribution in [2.75, 3.05) is 31.3 Å². The van der Waals surface area contributed by atoms with Gasteiger partial charge in [-0.05, 0) is 30.2 Å². The minimum atomic E-state index is -0.603. The molecule has 0 aliphatic carbocycles. The van der Waals surface area contributed by atoms with Crippen LogP contribution in [0.3, 0.4) is 0 Å². The minimum Gasteiger partial charge on any atom is -0.508 e. The molecule has 1 unspecified atom stereocenters. The number of benzene rings is 2. The van der Waals surface area contributed by atoms with Crippen molar-refractivity contribution >= 4 is 28.4 Å². The van der Waals surface area contributed by atoms with Crippen LogP contribution in [0.2, 0.25) is 0 Å². The second-order valence-electron chi connectivity index (χ2n) is 8.66. The number of hydrogen-bond acceptors (Lipinski definition) is 7. The van der Waals surface area contributed by atoms with Gasteiger partial charge in [0.2, 0.25) is 0 Å². The number of carbonyl (C=O) groups excluding carboxylic acids is 1. The van der Waals surface area contributed by atoms with Crippen molar-refractivity contribution in [3.8, 4) is 17.0 Å². The van der Waals surface area contributed by atoms with Crippen LogP contribution in [0, 0.1) is 5.82 Å². The zero-order chi connectivity index (χ0) is 24.7. The number of nitrogens with zero attached hydrogens (tertiary/aromatic N) is 6. The molecule has 4 aromatic rings. The van der Waals surface area contributed by atoms with Gasteiger partial charge < -0.3 is 20.6 Å². The Morgan fingerprint density at radius 1 is 1.23 bits per heavy atom. The number of fused-ring (bicyclic) bond motifs is 2. The highest BCUT2D eigenvalue weighted by Crippen LogP contribution is 2.37. The van der Waals surface area contributed by atoms with E-state index in [1.165, 1.54) is 24.5 Å². The lowest BCUT2D eigenvalue weighted by Gasteiger charge is -2.34. The Labute approximate surface area is 200 Å². The summed E-state index contributed by atoms with van der Waals surface area (Å²) in [6.45, 7) is 0.349. The van der Waals surface area contributed by atoms with Gasteiger partial charge in [-0.3, -0.25) is 4.79 Å². The van der Waals surface area contributed by atoms with Gasteiger partial charge in [0.25, 0.3) is 5.91 Å². The van der Waals surface area contributed by atoms with Crippen molar-refractivity contribution < 1.29 is 14.3 Å². The molecule has 0 saturated heterocycles. The zero-order valence-electron chi connectivity index (χ0n) is 19.3. The first kappa shape index (κ1) is 22.3. The fourth-order valence-corrected chi connectivity index (χ4v) is 4.41. The Kier molecular flexibility index (Phi) is 5.56. The fraction of sp³-hybridized carbons (Fsp3) is 0.200. The molecular formula is C25H24FN7O2. The molecule has 1 aliphatic rings. The van der Waals surface area contributed by atoms with Gasteiger partial charge in [0, 0.05) is 50.2 Å². The monoisotopic (exact) mass is 473 g/mol. The SMILES string of the molecule is CN(C)/C=C/C(=O)N1CC(n2nc(-c3cc(O)cc(F)c3)c3c(N)ncnc32)Cc2ccccc21. The van der Waals surface area contributed by atoms with E-state index >= 15 is 0 Å². The molecule has 1 amide bonds. The van der Waals surface area contributed by atoms with Gasteiger partial charge >= 0.3 is 0 Å². The molecule has 178 valence electrons. The molecule has 9 nitrogen and oxygen atoms in total. The lowest BCUT2D eigenvalue weighted by atomic mass is 9.97. The summed E-state index contributed by atoms with van der Waals surface area (Å²) in [6, 6.07) is 11.2. The topological polar surface area (TPSA) is 113 Å². The second-order valence-corrected chi connectivity index (χ2v) is 8.66. The zero-order valence-corrected chi connectivity index (χ0v) is 19.3. The molecule has 2 aromatic carbocycles. The molecule has 3 heterocycles. The first-order valence-electron chi connectivity index (χ1n) is 11.0. The summed E-state index contributed by atoms with van der Waals surface area (Å²) < 4.78 is 15.8. The first-order chi connectivity index (χ1) is 16.8. The number of amides is 1. The summed E-state index contributed by atoms with van der Waals surface area (Å²) >= 11 is 0. The third-order valence-corrected chi connectivity index (χ3v) is 5.93. The van der Waals surface area contributed by atoms with Crippen molar-refractivity contribution in [3.05, 3.63) is 72.4 Å². The molecule has 3 N–H and O–H groups in total. The van der Waals surface area contributed by atoms with E-state index in [2.05, 4.69) is 9.97 Å². The number of para-hydroxylation sites is 1. The number of phenolic OH excluding ortho intramolecular Hbond substituents is 1. The van der Waals surface area contributed by atoms with Gasteiger partial charge in [-0.1, -0.05) is 18.2 Å². The van der Waals surface area contributed by atoms with E-state index in [0.29, 0.717) is 35.3 Å². The van der Waals surface area contributed by atoms with Gasteiger partial charge in [-0.15, -0.1) is 0 Å². The molecule has 1 atom stereocenters. The van der Waals surface area contributed by atoms with Crippen molar-refractivity contribution in [3.63, 3.8) is 0 Å². The fourth-order valence-electron chi connectivity index (χ4n) is 4.41. The van der Waals surface area contributed by atoms with Gasteiger partial charge in [-0.25, -0.2) is 19.0 Å². The van der Waals surface area contributed by atoms with Gasteiger partial charge in [-0.2, -0.15) is 5.10 Å². The van der Waals surface area contributed by atoms with E-state index in [4.69, 9.17) is 10.8 Å². The van der Waals surface area contributed by atoms with Gasteiger partial charge in [0.05, 0.1) is 11.4 Å². The molecular weight excluding hydrogens is 449 g/mol. The number of nitrogens with two attached hydrogens (primary N) is 1. The number of phenols is 1. The number of hydrogen-bond donors (Lipinski definition) is 2. The van der Waals surface area contributed by atoms with Crippen molar-refractivity contribution in [2.24, 2.45) is 0 Å². The third-order valence-electron chi connectivity index (χ3n) is 5.93. The predicted octanol–water partition coefficient (Wildman–Crippen LogP) is 3.13. The van der Waals surface area contributed by atoms with Crippen molar-refractivity contribution in [1.82, 2.24) is 24.6 Å². The minimum absolute atomic E-state index is 0.156. The Morgan fingerprint density at radius 2 is 2.03 bits per heavy atom. The molecule has 0 saturated carbocycles. The smallest absolute Gasteiger partial charge is 0.252 e. The molecule has 5 rings (SSSR count). The number of carbonyl (C=O) groups is 1. The standard InChI is InChI=1S/C25H24FN7O2/c1-31(2)8-7-21(35)32-13-18(10-15-5-3-4-6-20(15)32)33-25-22(24(27)28-14-29-25)23(30-33)16-9-17(26)12-19(34)11-16/h3-9,11-12,14,18,34H,10,13H2,1-2H3,(H2,27,28,29)/b8-7+. The van der Waals surface area contributed by atoms with Crippen LogP contribution in [0.4, 0.5) is 15.9 Å². The molecule has 0 spiro atoms. The Morgan fingerprint density at radius 3 is 2.80 bits per heavy atom. The van der Waals surface area contributed by atoms with E-state index in [1.54, 1.807) is 20.7 Å². The lowest BCUT2D eigenvalue weighted by Crippen LogP contribution is -2.40. The highest BCUT2D eigenvalue weighted by Gasteiger charge is 2.31. The molecule has 10 heteroatoms. The maximum absolute atomic E-state index is 14.1. The quantitative estimate of drug-likeness (QED) is 0.438. The summed E-state index contributed by atoms with van der Waals surface area (Å²) in [7, 11) is 3.70. The third kappa shape index (κ3) is 4.14. The Bertz CT molecular complexity index is 1440. The number of rotatable bonds is 4. The lowest BCUT2D eigenvalue weighted by molar-refractivity contribution is -0.114. The number of nitrogen functional groups attached to an aromatic ring is 1. The van der Waals surface area contributed by atoms with Crippen LogP contribution in [0.25, 0.3) is 22.3 Å². The van der Waals surface area contributed by atoms with Crippen LogP contribution < -0.4 is 10.6 Å². The van der Waals surface area contributed by atoms with Crippen molar-refractivity contribution in [2.45, 2.75) is 12.5 Å². The van der Waals surface area contributed by atoms with E-state index in [9.17, 15) is 14.3 Å². The molecule has 0 fully saturated rings. The first-order valence-corrected chi connectivity index (χ1v) is 11.0. The van der Waals surface area contributed by atoms with Gasteiger partial charge in [0.15, 0.2) is 5.65 Å². The van der Waals surface area contributed by atoms with Crippen LogP contribution in [0.1, 0.15) is 11.6 Å². The summed E-state index contributed by atoms with van der Waals surface area (Å²) in [4.78, 5) is 25.2. The molecule has 2 aromatic heterocycles. The van der Waals surface area contributed by atoms with Crippen LogP contribution in [0.5, 0.6) is 5.75 Å². The number of anilines is 2. The summed E-state index contributed by atoms with van der Waals surface area (Å²) in [5.41, 5.74) is 9.21. The van der Waals surface area contributed by atoms with Crippen molar-refractivity contribution in [1.29, 1.82) is 0 Å². The second kappa shape index (κ2) is 8.71. The number of halogens is 1. The summed E-state index contributed by atoms with van der Waals surface area (Å²) in [6.07, 6.45) is 5.19. The average Bonchev–Trinajstić information content (AvgIpc) is 3.22. The number of aromatic hydroxyl groups is 1. The summed E-state index contributed by atoms with van der Waals surface area (Å²) in [5.74, 6) is -0.793. The Hall–Kier alpha value is -4.47. The normalized spacial score (nSPS) is 15.5. The maximum Gasteiger partial charge on any atom is 0.252 e. The van der Waals surface area contributed by atoms with E-state index in [-0.39, 0.29) is 23.5 Å². The van der Waals surface area contributed by atoms with Crippen LogP contribution in [0.15, 0.2) is 61.1 Å². The predicted molar refractivity (Wildman–Crippen MR) is 131 cm³/mol. The highest BCUT2D eigenvalue weighted by atomic mass is 19.1. The highest BCUT2D eigenvalue weighted by molar-refractivity contribution is 6.02. The molecule has 0 bridgehead atoms. The van der Waals surface area contributed by atoms with E-state index in [0.717, 1.165) is 17.3 Å². The molecule has 1 aliphatic heterocycles. The van der Waals surface area contributed by atoms with Crippen LogP contribution in [-0.4, -0.2) is 56.3 Å². The molecule has 35 heavy (non-hydrogen) atoms.